The monoisotopic (exact) mass is 317 g/mol. The fourth-order valence-electron chi connectivity index (χ4n) is 1.72. The van der Waals surface area contributed by atoms with E-state index in [1.807, 2.05) is 39.0 Å². The van der Waals surface area contributed by atoms with Crippen molar-refractivity contribution in [3.63, 3.8) is 0 Å². The molecule has 0 aliphatic heterocycles. The Labute approximate surface area is 134 Å². The van der Waals surface area contributed by atoms with Gasteiger partial charge in [-0.1, -0.05) is 25.2 Å². The molecule has 0 bridgehead atoms. The summed E-state index contributed by atoms with van der Waals surface area (Å²) in [6, 6.07) is 1.84. The predicted octanol–water partition coefficient (Wildman–Crippen LogP) is 2.64. The molecule has 0 spiro atoms. The van der Waals surface area contributed by atoms with Gasteiger partial charge >= 0.3 is 0 Å². The first-order valence-electron chi connectivity index (χ1n) is 6.93. The lowest BCUT2D eigenvalue weighted by Gasteiger charge is -2.15. The summed E-state index contributed by atoms with van der Waals surface area (Å²) in [6.45, 7) is 9.65. The van der Waals surface area contributed by atoms with Gasteiger partial charge in [0.15, 0.2) is 0 Å². The molecule has 5 nitrogen and oxygen atoms in total. The zero-order valence-corrected chi connectivity index (χ0v) is 14.4. The van der Waals surface area contributed by atoms with E-state index in [0.717, 1.165) is 16.6 Å². The second-order valence-corrected chi connectivity index (χ2v) is 5.72. The SMILES string of the molecule is C=C(N)c1cc(P)c(N)nc1NC(/C=C(/C)C(C)C=N)=C/C. The maximum Gasteiger partial charge on any atom is 0.142 e. The van der Waals surface area contributed by atoms with Gasteiger partial charge in [-0.25, -0.2) is 4.98 Å². The van der Waals surface area contributed by atoms with E-state index in [2.05, 4.69) is 26.1 Å². The van der Waals surface area contributed by atoms with Crippen molar-refractivity contribution in [1.29, 1.82) is 5.41 Å². The van der Waals surface area contributed by atoms with Gasteiger partial charge in [-0.15, -0.1) is 9.24 Å². The van der Waals surface area contributed by atoms with Crippen LogP contribution in [0.5, 0.6) is 0 Å². The fourth-order valence-corrected chi connectivity index (χ4v) is 1.95. The van der Waals surface area contributed by atoms with Crippen LogP contribution in [0, 0.1) is 11.3 Å². The quantitative estimate of drug-likeness (QED) is 0.368. The molecule has 1 heterocycles. The standard InChI is InChI=1S/C16H24N5P/c1-5-12(6-9(2)10(3)8-17)20-16-13(11(4)18)7-14(22)15(19)21-16/h5-8,10,17H,4,18,22H2,1-3H3,(H3,19,20,21)/b9-6-,12-5+,17-8?. The summed E-state index contributed by atoms with van der Waals surface area (Å²) in [7, 11) is 2.53. The molecule has 0 radical (unpaired) electrons. The highest BCUT2D eigenvalue weighted by Gasteiger charge is 2.10. The highest BCUT2D eigenvalue weighted by atomic mass is 31.0. The number of rotatable bonds is 6. The Balaban J connectivity index is 3.19. The first-order valence-corrected chi connectivity index (χ1v) is 7.50. The molecule has 0 saturated carbocycles. The van der Waals surface area contributed by atoms with E-state index in [9.17, 15) is 0 Å². The lowest BCUT2D eigenvalue weighted by atomic mass is 10.0. The lowest BCUT2D eigenvalue weighted by molar-refractivity contribution is 0.926. The second-order valence-electron chi connectivity index (χ2n) is 5.10. The zero-order valence-electron chi connectivity index (χ0n) is 13.3. The third-order valence-corrected chi connectivity index (χ3v) is 3.82. The van der Waals surface area contributed by atoms with E-state index in [0.29, 0.717) is 22.9 Å². The van der Waals surface area contributed by atoms with E-state index in [-0.39, 0.29) is 5.92 Å². The van der Waals surface area contributed by atoms with Gasteiger partial charge in [-0.3, -0.25) is 0 Å². The average Bonchev–Trinajstić information content (AvgIpc) is 2.48. The fraction of sp³-hybridized carbons (Fsp3) is 0.250. The van der Waals surface area contributed by atoms with Gasteiger partial charge in [0.2, 0.25) is 0 Å². The summed E-state index contributed by atoms with van der Waals surface area (Å²) in [5.41, 5.74) is 14.8. The van der Waals surface area contributed by atoms with Gasteiger partial charge < -0.3 is 22.2 Å². The molecule has 1 rings (SSSR count). The number of nitrogens with two attached hydrogens (primary N) is 2. The van der Waals surface area contributed by atoms with Crippen molar-refractivity contribution in [2.24, 2.45) is 11.7 Å². The van der Waals surface area contributed by atoms with Crippen LogP contribution in [0.1, 0.15) is 26.3 Å². The molecule has 0 fully saturated rings. The van der Waals surface area contributed by atoms with Crippen LogP contribution in [0.2, 0.25) is 0 Å². The molecule has 6 heteroatoms. The average molecular weight is 317 g/mol. The van der Waals surface area contributed by atoms with Gasteiger partial charge in [0, 0.05) is 34.4 Å². The molecular weight excluding hydrogens is 293 g/mol. The maximum atomic E-state index is 7.34. The summed E-state index contributed by atoms with van der Waals surface area (Å²) in [5.74, 6) is 1.06. The number of nitrogens with zero attached hydrogens (tertiary/aromatic N) is 1. The minimum atomic E-state index is 0.0770. The highest BCUT2D eigenvalue weighted by molar-refractivity contribution is 7.28. The smallest absolute Gasteiger partial charge is 0.142 e. The van der Waals surface area contributed by atoms with Gasteiger partial charge in [0.05, 0.1) is 0 Å². The van der Waals surface area contributed by atoms with E-state index >= 15 is 0 Å². The number of hydrogen-bond acceptors (Lipinski definition) is 5. The van der Waals surface area contributed by atoms with Crippen molar-refractivity contribution in [1.82, 2.24) is 4.98 Å². The van der Waals surface area contributed by atoms with Crippen LogP contribution in [-0.4, -0.2) is 11.2 Å². The summed E-state index contributed by atoms with van der Waals surface area (Å²) >= 11 is 0. The minimum absolute atomic E-state index is 0.0770. The molecule has 118 valence electrons. The van der Waals surface area contributed by atoms with E-state index in [1.54, 1.807) is 0 Å². The van der Waals surface area contributed by atoms with Crippen LogP contribution in [-0.2, 0) is 0 Å². The minimum Gasteiger partial charge on any atom is -0.399 e. The summed E-state index contributed by atoms with van der Waals surface area (Å²) < 4.78 is 0. The van der Waals surface area contributed by atoms with Crippen molar-refractivity contribution in [2.45, 2.75) is 20.8 Å². The van der Waals surface area contributed by atoms with Gasteiger partial charge in [-0.2, -0.15) is 0 Å². The first-order chi connectivity index (χ1) is 10.3. The Hall–Kier alpha value is -2.13. The summed E-state index contributed by atoms with van der Waals surface area (Å²) in [6.07, 6.45) is 5.31. The van der Waals surface area contributed by atoms with Crippen molar-refractivity contribution in [3.05, 3.63) is 41.6 Å². The van der Waals surface area contributed by atoms with Crippen LogP contribution < -0.4 is 22.1 Å². The topological polar surface area (TPSA) is 101 Å². The Morgan fingerprint density at radius 1 is 1.55 bits per heavy atom. The number of allylic oxidation sites excluding steroid dienone is 3. The van der Waals surface area contributed by atoms with Gasteiger partial charge in [0.25, 0.3) is 0 Å². The predicted molar refractivity (Wildman–Crippen MR) is 100 cm³/mol. The molecule has 0 aromatic carbocycles. The van der Waals surface area contributed by atoms with Crippen molar-refractivity contribution in [3.8, 4) is 0 Å². The van der Waals surface area contributed by atoms with Crippen LogP contribution in [0.4, 0.5) is 11.6 Å². The van der Waals surface area contributed by atoms with E-state index in [1.165, 1.54) is 6.21 Å². The van der Waals surface area contributed by atoms with Crippen LogP contribution in [0.25, 0.3) is 5.70 Å². The largest absolute Gasteiger partial charge is 0.399 e. The van der Waals surface area contributed by atoms with E-state index < -0.39 is 0 Å². The first kappa shape index (κ1) is 17.9. The highest BCUT2D eigenvalue weighted by Crippen LogP contribution is 2.22. The lowest BCUT2D eigenvalue weighted by Crippen LogP contribution is -2.13. The van der Waals surface area contributed by atoms with Crippen molar-refractivity contribution < 1.29 is 0 Å². The molecule has 2 unspecified atom stereocenters. The Bertz CT molecular complexity index is 646. The summed E-state index contributed by atoms with van der Waals surface area (Å²) in [4.78, 5) is 4.34. The molecule has 2 atom stereocenters. The number of nitrogen functional groups attached to an aromatic ring is 1. The second kappa shape index (κ2) is 7.76. The van der Waals surface area contributed by atoms with E-state index in [4.69, 9.17) is 16.9 Å². The number of pyridine rings is 1. The van der Waals surface area contributed by atoms with Crippen molar-refractivity contribution >= 4 is 38.1 Å². The Morgan fingerprint density at radius 3 is 2.68 bits per heavy atom. The molecule has 0 amide bonds. The molecule has 22 heavy (non-hydrogen) atoms. The molecule has 1 aromatic rings. The number of aromatic nitrogens is 1. The Kier molecular flexibility index (Phi) is 6.32. The number of nitrogens with one attached hydrogen (secondary N) is 2. The third kappa shape index (κ3) is 4.43. The van der Waals surface area contributed by atoms with Gasteiger partial charge in [-0.05, 0) is 26.0 Å². The molecule has 6 N–H and O–H groups in total. The van der Waals surface area contributed by atoms with Crippen molar-refractivity contribution in [2.75, 3.05) is 11.1 Å². The maximum absolute atomic E-state index is 7.34. The number of hydrogen-bond donors (Lipinski definition) is 4. The van der Waals surface area contributed by atoms with Gasteiger partial charge in [0.1, 0.15) is 11.6 Å². The molecule has 0 aliphatic carbocycles. The van der Waals surface area contributed by atoms with Crippen LogP contribution in [0.3, 0.4) is 0 Å². The van der Waals surface area contributed by atoms with Crippen LogP contribution >= 0.6 is 9.24 Å². The number of anilines is 2. The Morgan fingerprint density at radius 2 is 2.18 bits per heavy atom. The molecule has 0 aliphatic rings. The summed E-state index contributed by atoms with van der Waals surface area (Å²) in [5, 5.41) is 11.3. The zero-order chi connectivity index (χ0) is 16.9. The van der Waals surface area contributed by atoms with Crippen LogP contribution in [0.15, 0.2) is 36.1 Å². The molecule has 1 aromatic heterocycles. The molecular formula is C16H24N5P. The normalized spacial score (nSPS) is 13.6. The third-order valence-electron chi connectivity index (χ3n) is 3.35. The molecule has 0 saturated heterocycles.